The lowest BCUT2D eigenvalue weighted by Crippen LogP contribution is -2.52. The third-order valence-electron chi connectivity index (χ3n) is 4.74. The van der Waals surface area contributed by atoms with Crippen LogP contribution < -0.4 is 10.6 Å². The second-order valence-corrected chi connectivity index (χ2v) is 6.38. The molecule has 0 aromatic heterocycles. The van der Waals surface area contributed by atoms with Gasteiger partial charge in [-0.1, -0.05) is 32.6 Å². The molecule has 5 heteroatoms. The highest BCUT2D eigenvalue weighted by Gasteiger charge is 2.30. The maximum Gasteiger partial charge on any atom is 0.315 e. The average molecular weight is 298 g/mol. The first-order valence-electron chi connectivity index (χ1n) is 8.56. The highest BCUT2D eigenvalue weighted by atomic mass is 16.5. The molecule has 3 atom stereocenters. The van der Waals surface area contributed by atoms with Crippen LogP contribution >= 0.6 is 0 Å². The molecule has 5 nitrogen and oxygen atoms in total. The zero-order chi connectivity index (χ0) is 15.1. The van der Waals surface area contributed by atoms with Gasteiger partial charge < -0.3 is 20.5 Å². The molecular weight excluding hydrogens is 268 g/mol. The summed E-state index contributed by atoms with van der Waals surface area (Å²) in [5.74, 6) is 0. The van der Waals surface area contributed by atoms with Crippen molar-refractivity contribution in [1.29, 1.82) is 0 Å². The van der Waals surface area contributed by atoms with Crippen LogP contribution in [0.1, 0.15) is 64.7 Å². The Hall–Kier alpha value is -0.810. The monoisotopic (exact) mass is 298 g/mol. The van der Waals surface area contributed by atoms with Crippen LogP contribution in [0.3, 0.4) is 0 Å². The summed E-state index contributed by atoms with van der Waals surface area (Å²) in [5, 5.41) is 15.0. The molecule has 2 rings (SSSR count). The van der Waals surface area contributed by atoms with E-state index in [1.54, 1.807) is 0 Å². The Morgan fingerprint density at radius 2 is 1.86 bits per heavy atom. The fraction of sp³-hybridized carbons (Fsp3) is 0.938. The van der Waals surface area contributed by atoms with E-state index in [0.717, 1.165) is 38.5 Å². The molecule has 0 radical (unpaired) electrons. The molecule has 2 fully saturated rings. The van der Waals surface area contributed by atoms with Crippen LogP contribution in [0.25, 0.3) is 0 Å². The first kappa shape index (κ1) is 16.6. The van der Waals surface area contributed by atoms with Crippen molar-refractivity contribution in [3.05, 3.63) is 0 Å². The standard InChI is InChI=1S/C16H30N2O3/c1-2-12(11-19)17-16(20)18-14-9-5-6-10-15(14)21-13-7-3-4-8-13/h12-15,19H,2-11H2,1H3,(H2,17,18,20)/t12-,14-,15-/m0/s1. The summed E-state index contributed by atoms with van der Waals surface area (Å²) < 4.78 is 6.23. The van der Waals surface area contributed by atoms with Crippen molar-refractivity contribution in [3.63, 3.8) is 0 Å². The van der Waals surface area contributed by atoms with E-state index in [9.17, 15) is 4.79 Å². The average Bonchev–Trinajstić information content (AvgIpc) is 3.00. The number of rotatable bonds is 6. The van der Waals surface area contributed by atoms with Crippen molar-refractivity contribution in [1.82, 2.24) is 10.6 Å². The number of amides is 2. The van der Waals surface area contributed by atoms with Crippen molar-refractivity contribution < 1.29 is 14.6 Å². The van der Waals surface area contributed by atoms with Crippen LogP contribution in [0.15, 0.2) is 0 Å². The number of urea groups is 1. The van der Waals surface area contributed by atoms with Gasteiger partial charge in [-0.15, -0.1) is 0 Å². The summed E-state index contributed by atoms with van der Waals surface area (Å²) in [6.45, 7) is 1.93. The molecule has 0 heterocycles. The van der Waals surface area contributed by atoms with Gasteiger partial charge in [0.1, 0.15) is 0 Å². The highest BCUT2D eigenvalue weighted by molar-refractivity contribution is 5.74. The molecule has 0 aromatic carbocycles. The van der Waals surface area contributed by atoms with Crippen LogP contribution in [-0.2, 0) is 4.74 Å². The molecule has 2 aliphatic rings. The molecule has 0 unspecified atom stereocenters. The van der Waals surface area contributed by atoms with E-state index in [1.165, 1.54) is 19.3 Å². The van der Waals surface area contributed by atoms with E-state index in [1.807, 2.05) is 6.92 Å². The molecule has 0 aromatic rings. The number of aliphatic hydroxyl groups is 1. The molecule has 0 aliphatic heterocycles. The summed E-state index contributed by atoms with van der Waals surface area (Å²) in [7, 11) is 0. The molecule has 2 amide bonds. The number of carbonyl (C=O) groups is 1. The second-order valence-electron chi connectivity index (χ2n) is 6.38. The number of ether oxygens (including phenoxy) is 1. The fourth-order valence-electron chi connectivity index (χ4n) is 3.37. The van der Waals surface area contributed by atoms with E-state index >= 15 is 0 Å². The summed E-state index contributed by atoms with van der Waals surface area (Å²) in [4.78, 5) is 12.0. The molecule has 0 saturated heterocycles. The van der Waals surface area contributed by atoms with E-state index in [-0.39, 0.29) is 30.8 Å². The number of carbonyl (C=O) groups excluding carboxylic acids is 1. The van der Waals surface area contributed by atoms with Gasteiger partial charge in [-0.25, -0.2) is 4.79 Å². The smallest absolute Gasteiger partial charge is 0.315 e. The fourth-order valence-corrected chi connectivity index (χ4v) is 3.37. The summed E-state index contributed by atoms with van der Waals surface area (Å²) >= 11 is 0. The quantitative estimate of drug-likeness (QED) is 0.705. The van der Waals surface area contributed by atoms with Crippen LogP contribution in [0.2, 0.25) is 0 Å². The minimum Gasteiger partial charge on any atom is -0.394 e. The van der Waals surface area contributed by atoms with Gasteiger partial charge in [0.05, 0.1) is 30.9 Å². The lowest BCUT2D eigenvalue weighted by molar-refractivity contribution is -0.0410. The molecule has 122 valence electrons. The maximum atomic E-state index is 12.0. The van der Waals surface area contributed by atoms with Gasteiger partial charge in [0, 0.05) is 0 Å². The zero-order valence-electron chi connectivity index (χ0n) is 13.1. The van der Waals surface area contributed by atoms with Crippen LogP contribution in [0.4, 0.5) is 4.79 Å². The molecular formula is C16H30N2O3. The molecule has 0 bridgehead atoms. The number of aliphatic hydroxyl groups excluding tert-OH is 1. The molecule has 0 spiro atoms. The van der Waals surface area contributed by atoms with Crippen molar-refractivity contribution in [2.45, 2.75) is 89.0 Å². The van der Waals surface area contributed by atoms with Gasteiger partial charge in [-0.2, -0.15) is 0 Å². The predicted octanol–water partition coefficient (Wildman–Crippen LogP) is 2.33. The Morgan fingerprint density at radius 1 is 1.19 bits per heavy atom. The molecule has 21 heavy (non-hydrogen) atoms. The van der Waals surface area contributed by atoms with Gasteiger partial charge in [-0.05, 0) is 32.1 Å². The van der Waals surface area contributed by atoms with E-state index < -0.39 is 0 Å². The first-order valence-corrected chi connectivity index (χ1v) is 8.56. The molecule has 2 saturated carbocycles. The van der Waals surface area contributed by atoms with E-state index in [0.29, 0.717) is 6.10 Å². The normalized spacial score (nSPS) is 28.3. The Balaban J connectivity index is 1.81. The summed E-state index contributed by atoms with van der Waals surface area (Å²) in [5.41, 5.74) is 0. The van der Waals surface area contributed by atoms with Gasteiger partial charge in [0.2, 0.25) is 0 Å². The Morgan fingerprint density at radius 3 is 2.52 bits per heavy atom. The predicted molar refractivity (Wildman–Crippen MR) is 82.2 cm³/mol. The summed E-state index contributed by atoms with van der Waals surface area (Å²) in [6.07, 6.45) is 10.5. The Kier molecular flexibility index (Phi) is 6.77. The second kappa shape index (κ2) is 8.59. The topological polar surface area (TPSA) is 70.6 Å². The van der Waals surface area contributed by atoms with Crippen molar-refractivity contribution in [3.8, 4) is 0 Å². The van der Waals surface area contributed by atoms with Gasteiger partial charge in [0.25, 0.3) is 0 Å². The third kappa shape index (κ3) is 5.15. The maximum absolute atomic E-state index is 12.0. The van der Waals surface area contributed by atoms with Crippen molar-refractivity contribution in [2.75, 3.05) is 6.61 Å². The minimum absolute atomic E-state index is 0.0173. The van der Waals surface area contributed by atoms with E-state index in [4.69, 9.17) is 9.84 Å². The first-order chi connectivity index (χ1) is 10.2. The number of nitrogens with one attached hydrogen (secondary N) is 2. The molecule has 2 aliphatic carbocycles. The van der Waals surface area contributed by atoms with Crippen LogP contribution in [0, 0.1) is 0 Å². The van der Waals surface area contributed by atoms with Crippen molar-refractivity contribution >= 4 is 6.03 Å². The molecule has 3 N–H and O–H groups in total. The third-order valence-corrected chi connectivity index (χ3v) is 4.74. The highest BCUT2D eigenvalue weighted by Crippen LogP contribution is 2.28. The van der Waals surface area contributed by atoms with Gasteiger partial charge in [-0.3, -0.25) is 0 Å². The van der Waals surface area contributed by atoms with Gasteiger partial charge >= 0.3 is 6.03 Å². The minimum atomic E-state index is -0.178. The Bertz CT molecular complexity index is 315. The SMILES string of the molecule is CC[C@@H](CO)NC(=O)N[C@H]1CCCC[C@@H]1OC1CCCC1. The zero-order valence-corrected chi connectivity index (χ0v) is 13.1. The number of hydrogen-bond acceptors (Lipinski definition) is 3. The van der Waals surface area contributed by atoms with E-state index in [2.05, 4.69) is 10.6 Å². The van der Waals surface area contributed by atoms with Gasteiger partial charge in [0.15, 0.2) is 0 Å². The van der Waals surface area contributed by atoms with Crippen LogP contribution in [0.5, 0.6) is 0 Å². The Labute approximate surface area is 127 Å². The largest absolute Gasteiger partial charge is 0.394 e. The summed E-state index contributed by atoms with van der Waals surface area (Å²) in [6, 6.07) is -0.235. The lowest BCUT2D eigenvalue weighted by Gasteiger charge is -2.34. The number of hydrogen-bond donors (Lipinski definition) is 3. The van der Waals surface area contributed by atoms with Crippen molar-refractivity contribution in [2.24, 2.45) is 0 Å². The lowest BCUT2D eigenvalue weighted by atomic mass is 9.92. The van der Waals surface area contributed by atoms with Crippen LogP contribution in [-0.4, -0.2) is 42.0 Å².